The van der Waals surface area contributed by atoms with E-state index in [2.05, 4.69) is 9.97 Å². The number of carbonyl (C=O) groups is 1. The van der Waals surface area contributed by atoms with E-state index in [-0.39, 0.29) is 11.3 Å². The molecule has 0 saturated heterocycles. The Kier molecular flexibility index (Phi) is 2.80. The van der Waals surface area contributed by atoms with Crippen LogP contribution in [0.1, 0.15) is 27.2 Å². The summed E-state index contributed by atoms with van der Waals surface area (Å²) in [6, 6.07) is 7.08. The zero-order valence-corrected chi connectivity index (χ0v) is 10.4. The van der Waals surface area contributed by atoms with Crippen molar-refractivity contribution in [3.63, 3.8) is 0 Å². The van der Waals surface area contributed by atoms with Gasteiger partial charge in [0.25, 0.3) is 0 Å². The van der Waals surface area contributed by atoms with Gasteiger partial charge in [0.15, 0.2) is 11.5 Å². The minimum Gasteiger partial charge on any atom is -0.478 e. The van der Waals surface area contributed by atoms with Crippen LogP contribution < -0.4 is 4.90 Å². The van der Waals surface area contributed by atoms with Crippen LogP contribution >= 0.6 is 0 Å². The normalized spacial score (nSPS) is 12.8. The molecule has 0 radical (unpaired) electrons. The average molecular weight is 266 g/mol. The van der Waals surface area contributed by atoms with Crippen LogP contribution in [0.3, 0.4) is 0 Å². The fourth-order valence-corrected chi connectivity index (χ4v) is 2.32. The van der Waals surface area contributed by atoms with Crippen LogP contribution in [0.15, 0.2) is 30.6 Å². The lowest BCUT2D eigenvalue weighted by molar-refractivity contribution is 0.0697. The molecular formula is C14H10N4O2. The summed E-state index contributed by atoms with van der Waals surface area (Å²) in [7, 11) is 0. The molecule has 98 valence electrons. The quantitative estimate of drug-likeness (QED) is 0.887. The molecule has 1 aliphatic heterocycles. The first-order chi connectivity index (χ1) is 9.69. The third-order valence-corrected chi connectivity index (χ3v) is 3.26. The van der Waals surface area contributed by atoms with Crippen molar-refractivity contribution in [2.45, 2.75) is 13.1 Å². The molecule has 6 nitrogen and oxygen atoms in total. The zero-order chi connectivity index (χ0) is 14.1. The Bertz CT molecular complexity index is 736. The number of nitrogens with zero attached hydrogens (tertiary/aromatic N) is 4. The number of fused-ring (bicyclic) bond motifs is 1. The molecular weight excluding hydrogens is 256 g/mol. The molecule has 0 unspecified atom stereocenters. The molecule has 1 aromatic heterocycles. The third kappa shape index (κ3) is 1.95. The molecule has 0 saturated carbocycles. The summed E-state index contributed by atoms with van der Waals surface area (Å²) in [6.45, 7) is 1.13. The van der Waals surface area contributed by atoms with Crippen LogP contribution in [-0.4, -0.2) is 21.0 Å². The molecule has 0 bridgehead atoms. The van der Waals surface area contributed by atoms with Gasteiger partial charge in [0, 0.05) is 25.5 Å². The van der Waals surface area contributed by atoms with E-state index in [1.54, 1.807) is 24.4 Å². The molecule has 20 heavy (non-hydrogen) atoms. The zero-order valence-electron chi connectivity index (χ0n) is 10.4. The number of hydrogen-bond donors (Lipinski definition) is 1. The second-order valence-corrected chi connectivity index (χ2v) is 4.49. The van der Waals surface area contributed by atoms with Gasteiger partial charge in [0.1, 0.15) is 6.07 Å². The van der Waals surface area contributed by atoms with Crippen molar-refractivity contribution >= 4 is 11.8 Å². The molecule has 1 aromatic carbocycles. The summed E-state index contributed by atoms with van der Waals surface area (Å²) < 4.78 is 0. The van der Waals surface area contributed by atoms with Crippen molar-refractivity contribution < 1.29 is 9.90 Å². The maximum Gasteiger partial charge on any atom is 0.335 e. The van der Waals surface area contributed by atoms with Crippen LogP contribution in [0.2, 0.25) is 0 Å². The lowest BCUT2D eigenvalue weighted by atomic mass is 10.1. The van der Waals surface area contributed by atoms with E-state index in [9.17, 15) is 4.79 Å². The SMILES string of the molecule is N#Cc1nccnc1N1Cc2ccc(C(=O)O)cc2C1. The van der Waals surface area contributed by atoms with Gasteiger partial charge in [-0.05, 0) is 23.3 Å². The predicted octanol–water partition coefficient (Wildman–Crippen LogP) is 1.57. The summed E-state index contributed by atoms with van der Waals surface area (Å²) in [5.74, 6) is -0.411. The van der Waals surface area contributed by atoms with E-state index in [0.717, 1.165) is 11.1 Å². The highest BCUT2D eigenvalue weighted by Gasteiger charge is 2.23. The highest BCUT2D eigenvalue weighted by Crippen LogP contribution is 2.28. The number of carboxylic acid groups (broad SMARTS) is 1. The molecule has 6 heteroatoms. The standard InChI is InChI=1S/C14H10N4O2/c15-6-12-13(17-4-3-16-12)18-7-10-2-1-9(14(19)20)5-11(10)8-18/h1-5H,7-8H2,(H,19,20). The van der Waals surface area contributed by atoms with E-state index in [1.165, 1.54) is 6.20 Å². The fourth-order valence-electron chi connectivity index (χ4n) is 2.32. The summed E-state index contributed by atoms with van der Waals surface area (Å²) in [5.41, 5.74) is 2.54. The Balaban J connectivity index is 1.94. The van der Waals surface area contributed by atoms with Gasteiger partial charge < -0.3 is 10.0 Å². The lowest BCUT2D eigenvalue weighted by Crippen LogP contribution is -2.17. The number of aromatic nitrogens is 2. The maximum absolute atomic E-state index is 11.0. The van der Waals surface area contributed by atoms with Crippen LogP contribution in [0.4, 0.5) is 5.82 Å². The van der Waals surface area contributed by atoms with Crippen molar-refractivity contribution in [1.82, 2.24) is 9.97 Å². The van der Waals surface area contributed by atoms with E-state index >= 15 is 0 Å². The summed E-state index contributed by atoms with van der Waals surface area (Å²) in [6.07, 6.45) is 3.02. The molecule has 0 atom stereocenters. The Labute approximate surface area is 114 Å². The molecule has 1 aliphatic rings. The molecule has 2 heterocycles. The van der Waals surface area contributed by atoms with Crippen molar-refractivity contribution in [2.24, 2.45) is 0 Å². The van der Waals surface area contributed by atoms with E-state index in [4.69, 9.17) is 10.4 Å². The number of anilines is 1. The minimum atomic E-state index is -0.941. The largest absolute Gasteiger partial charge is 0.478 e. The molecule has 3 rings (SSSR count). The van der Waals surface area contributed by atoms with Gasteiger partial charge in [-0.2, -0.15) is 5.26 Å². The second-order valence-electron chi connectivity index (χ2n) is 4.49. The smallest absolute Gasteiger partial charge is 0.335 e. The van der Waals surface area contributed by atoms with Crippen LogP contribution in [0.25, 0.3) is 0 Å². The minimum absolute atomic E-state index is 0.269. The molecule has 0 amide bonds. The fraction of sp³-hybridized carbons (Fsp3) is 0.143. The summed E-state index contributed by atoms with van der Waals surface area (Å²) in [5, 5.41) is 18.1. The van der Waals surface area contributed by atoms with Gasteiger partial charge in [-0.15, -0.1) is 0 Å². The highest BCUT2D eigenvalue weighted by atomic mass is 16.4. The third-order valence-electron chi connectivity index (χ3n) is 3.26. The monoisotopic (exact) mass is 266 g/mol. The van der Waals surface area contributed by atoms with Crippen molar-refractivity contribution in [3.05, 3.63) is 53.0 Å². The van der Waals surface area contributed by atoms with Gasteiger partial charge in [-0.3, -0.25) is 0 Å². The van der Waals surface area contributed by atoms with Crippen molar-refractivity contribution in [1.29, 1.82) is 5.26 Å². The lowest BCUT2D eigenvalue weighted by Gasteiger charge is -2.16. The van der Waals surface area contributed by atoms with Crippen LogP contribution in [-0.2, 0) is 13.1 Å². The van der Waals surface area contributed by atoms with Gasteiger partial charge in [0.2, 0.25) is 0 Å². The highest BCUT2D eigenvalue weighted by molar-refractivity contribution is 5.88. The first-order valence-corrected chi connectivity index (χ1v) is 6.00. The van der Waals surface area contributed by atoms with Gasteiger partial charge in [-0.1, -0.05) is 6.07 Å². The van der Waals surface area contributed by atoms with Gasteiger partial charge in [-0.25, -0.2) is 14.8 Å². The summed E-state index contributed by atoms with van der Waals surface area (Å²) >= 11 is 0. The van der Waals surface area contributed by atoms with Crippen molar-refractivity contribution in [3.8, 4) is 6.07 Å². The van der Waals surface area contributed by atoms with Crippen LogP contribution in [0.5, 0.6) is 0 Å². The predicted molar refractivity (Wildman–Crippen MR) is 70.0 cm³/mol. The van der Waals surface area contributed by atoms with E-state index in [0.29, 0.717) is 18.9 Å². The number of hydrogen-bond acceptors (Lipinski definition) is 5. The molecule has 2 aromatic rings. The molecule has 1 N–H and O–H groups in total. The molecule has 0 aliphatic carbocycles. The number of carboxylic acids is 1. The Hall–Kier alpha value is -2.94. The number of benzene rings is 1. The number of rotatable bonds is 2. The van der Waals surface area contributed by atoms with Crippen molar-refractivity contribution in [2.75, 3.05) is 4.90 Å². The van der Waals surface area contributed by atoms with Crippen LogP contribution in [0, 0.1) is 11.3 Å². The Morgan fingerprint density at radius 2 is 2.00 bits per heavy atom. The van der Waals surface area contributed by atoms with E-state index < -0.39 is 5.97 Å². The first-order valence-electron chi connectivity index (χ1n) is 6.00. The van der Waals surface area contributed by atoms with Gasteiger partial charge in [0.05, 0.1) is 5.56 Å². The second kappa shape index (κ2) is 4.63. The topological polar surface area (TPSA) is 90.1 Å². The Morgan fingerprint density at radius 1 is 1.25 bits per heavy atom. The molecule has 0 fully saturated rings. The summed E-state index contributed by atoms with van der Waals surface area (Å²) in [4.78, 5) is 21.1. The maximum atomic E-state index is 11.0. The number of aromatic carboxylic acids is 1. The average Bonchev–Trinajstić information content (AvgIpc) is 2.89. The first kappa shape index (κ1) is 12.1. The van der Waals surface area contributed by atoms with E-state index in [1.807, 2.05) is 11.0 Å². The number of nitriles is 1. The Morgan fingerprint density at radius 3 is 2.75 bits per heavy atom. The van der Waals surface area contributed by atoms with Gasteiger partial charge >= 0.3 is 5.97 Å². The molecule has 0 spiro atoms.